The third kappa shape index (κ3) is 1.94. The second-order valence-electron chi connectivity index (χ2n) is 4.83. The van der Waals surface area contributed by atoms with Crippen LogP contribution in [0.4, 0.5) is 0 Å². The highest BCUT2D eigenvalue weighted by Gasteiger charge is 2.40. The molecule has 0 aromatic carbocycles. The van der Waals surface area contributed by atoms with Crippen LogP contribution in [0.15, 0.2) is 24.3 Å². The first-order valence-corrected chi connectivity index (χ1v) is 5.68. The van der Waals surface area contributed by atoms with Crippen molar-refractivity contribution in [3.8, 4) is 0 Å². The third-order valence-corrected chi connectivity index (χ3v) is 3.30. The molecule has 1 heterocycles. The Labute approximate surface area is 95.2 Å². The fraction of sp³-hybridized carbons (Fsp3) is 0.538. The van der Waals surface area contributed by atoms with E-state index in [1.807, 2.05) is 13.8 Å². The van der Waals surface area contributed by atoms with E-state index in [2.05, 4.69) is 0 Å². The molecule has 0 amide bonds. The first-order chi connectivity index (χ1) is 7.52. The van der Waals surface area contributed by atoms with Crippen LogP contribution in [0, 0.1) is 11.8 Å². The van der Waals surface area contributed by atoms with Crippen LogP contribution in [0.5, 0.6) is 0 Å². The minimum Gasteiger partial charge on any atom is -0.450 e. The van der Waals surface area contributed by atoms with Crippen LogP contribution in [-0.2, 0) is 14.3 Å². The van der Waals surface area contributed by atoms with Crippen molar-refractivity contribution in [1.29, 1.82) is 0 Å². The fourth-order valence-electron chi connectivity index (χ4n) is 2.21. The maximum Gasteiger partial charge on any atom is 0.310 e. The second kappa shape index (κ2) is 3.89. The van der Waals surface area contributed by atoms with Crippen LogP contribution in [0.3, 0.4) is 0 Å². The monoisotopic (exact) mass is 220 g/mol. The van der Waals surface area contributed by atoms with Crippen molar-refractivity contribution in [2.24, 2.45) is 11.8 Å². The SMILES string of the molecule is CC(C)C1CCC2(C=CC(=O)C=C2)OC1=O. The second-order valence-corrected chi connectivity index (χ2v) is 4.83. The summed E-state index contributed by atoms with van der Waals surface area (Å²) in [4.78, 5) is 22.8. The molecule has 1 spiro atoms. The van der Waals surface area contributed by atoms with E-state index >= 15 is 0 Å². The van der Waals surface area contributed by atoms with Crippen LogP contribution < -0.4 is 0 Å². The molecule has 1 saturated heterocycles. The highest BCUT2D eigenvalue weighted by molar-refractivity contribution is 6.00. The Morgan fingerprint density at radius 2 is 1.94 bits per heavy atom. The molecule has 0 radical (unpaired) electrons. The smallest absolute Gasteiger partial charge is 0.310 e. The predicted molar refractivity (Wildman–Crippen MR) is 59.7 cm³/mol. The van der Waals surface area contributed by atoms with Gasteiger partial charge in [-0.1, -0.05) is 13.8 Å². The number of ether oxygens (including phenoxy) is 1. The molecule has 1 aliphatic heterocycles. The predicted octanol–water partition coefficient (Wildman–Crippen LogP) is 2.03. The number of hydrogen-bond acceptors (Lipinski definition) is 3. The zero-order valence-corrected chi connectivity index (χ0v) is 9.60. The Hall–Kier alpha value is -1.38. The normalized spacial score (nSPS) is 27.6. The first kappa shape index (κ1) is 11.1. The lowest BCUT2D eigenvalue weighted by molar-refractivity contribution is -0.166. The highest BCUT2D eigenvalue weighted by Crippen LogP contribution is 2.35. The molecule has 1 aliphatic carbocycles. The van der Waals surface area contributed by atoms with Crippen molar-refractivity contribution in [3.63, 3.8) is 0 Å². The number of ketones is 1. The minimum absolute atomic E-state index is 0.00921. The van der Waals surface area contributed by atoms with Crippen LogP contribution in [0.2, 0.25) is 0 Å². The largest absolute Gasteiger partial charge is 0.450 e. The number of rotatable bonds is 1. The van der Waals surface area contributed by atoms with Gasteiger partial charge in [0.2, 0.25) is 0 Å². The molecule has 0 bridgehead atoms. The Morgan fingerprint density at radius 3 is 2.44 bits per heavy atom. The zero-order valence-electron chi connectivity index (χ0n) is 9.60. The van der Waals surface area contributed by atoms with Gasteiger partial charge in [-0.3, -0.25) is 9.59 Å². The molecule has 16 heavy (non-hydrogen) atoms. The number of allylic oxidation sites excluding steroid dienone is 2. The lowest BCUT2D eigenvalue weighted by Crippen LogP contribution is -2.42. The van der Waals surface area contributed by atoms with Crippen molar-refractivity contribution in [2.45, 2.75) is 32.3 Å². The molecule has 0 aromatic heterocycles. The standard InChI is InChI=1S/C13H16O3/c1-9(2)11-5-8-13(16-12(11)15)6-3-10(14)4-7-13/h3-4,6-7,9,11H,5,8H2,1-2H3. The van der Waals surface area contributed by atoms with Crippen LogP contribution in [0.25, 0.3) is 0 Å². The average Bonchev–Trinajstić information content (AvgIpc) is 2.22. The quantitative estimate of drug-likeness (QED) is 0.635. The molecular weight excluding hydrogens is 204 g/mol. The summed E-state index contributed by atoms with van der Waals surface area (Å²) in [6.07, 6.45) is 7.93. The fourth-order valence-corrected chi connectivity index (χ4v) is 2.21. The van der Waals surface area contributed by atoms with Crippen molar-refractivity contribution in [3.05, 3.63) is 24.3 Å². The molecule has 3 nitrogen and oxygen atoms in total. The highest BCUT2D eigenvalue weighted by atomic mass is 16.6. The summed E-state index contributed by atoms with van der Waals surface area (Å²) >= 11 is 0. The molecule has 0 aromatic rings. The summed E-state index contributed by atoms with van der Waals surface area (Å²) in [6, 6.07) is 0. The molecular formula is C13H16O3. The van der Waals surface area contributed by atoms with Gasteiger partial charge in [0.25, 0.3) is 0 Å². The van der Waals surface area contributed by atoms with Crippen LogP contribution in [-0.4, -0.2) is 17.4 Å². The summed E-state index contributed by atoms with van der Waals surface area (Å²) in [5.74, 6) is 0.102. The zero-order chi connectivity index (χ0) is 11.8. The van der Waals surface area contributed by atoms with Gasteiger partial charge in [-0.2, -0.15) is 0 Å². The molecule has 0 saturated carbocycles. The van der Waals surface area contributed by atoms with E-state index < -0.39 is 5.60 Å². The maximum atomic E-state index is 11.8. The minimum atomic E-state index is -0.656. The summed E-state index contributed by atoms with van der Waals surface area (Å²) < 4.78 is 5.47. The molecule has 1 unspecified atom stereocenters. The Bertz CT molecular complexity index is 361. The molecule has 3 heteroatoms. The van der Waals surface area contributed by atoms with Crippen molar-refractivity contribution in [2.75, 3.05) is 0 Å². The van der Waals surface area contributed by atoms with Gasteiger partial charge in [0.15, 0.2) is 5.78 Å². The topological polar surface area (TPSA) is 43.4 Å². The Balaban J connectivity index is 2.13. The van der Waals surface area contributed by atoms with Gasteiger partial charge in [-0.05, 0) is 43.1 Å². The number of carbonyl (C=O) groups excluding carboxylic acids is 2. The van der Waals surface area contributed by atoms with E-state index in [1.165, 1.54) is 12.2 Å². The molecule has 1 atom stereocenters. The van der Waals surface area contributed by atoms with Gasteiger partial charge in [0.05, 0.1) is 5.92 Å². The van der Waals surface area contributed by atoms with Gasteiger partial charge in [0.1, 0.15) is 5.60 Å². The summed E-state index contributed by atoms with van der Waals surface area (Å²) in [5.41, 5.74) is -0.656. The van der Waals surface area contributed by atoms with Crippen molar-refractivity contribution in [1.82, 2.24) is 0 Å². The summed E-state index contributed by atoms with van der Waals surface area (Å²) in [7, 11) is 0. The van der Waals surface area contributed by atoms with E-state index in [-0.39, 0.29) is 17.7 Å². The first-order valence-electron chi connectivity index (χ1n) is 5.68. The molecule has 0 N–H and O–H groups in total. The maximum absolute atomic E-state index is 11.8. The van der Waals surface area contributed by atoms with Crippen LogP contribution in [0.1, 0.15) is 26.7 Å². The van der Waals surface area contributed by atoms with Gasteiger partial charge in [-0.15, -0.1) is 0 Å². The third-order valence-electron chi connectivity index (χ3n) is 3.30. The summed E-state index contributed by atoms with van der Waals surface area (Å²) in [6.45, 7) is 4.06. The van der Waals surface area contributed by atoms with Crippen molar-refractivity contribution >= 4 is 11.8 Å². The van der Waals surface area contributed by atoms with E-state index in [9.17, 15) is 9.59 Å². The lowest BCUT2D eigenvalue weighted by atomic mass is 9.81. The number of esters is 1. The lowest BCUT2D eigenvalue weighted by Gasteiger charge is -2.37. The van der Waals surface area contributed by atoms with Crippen molar-refractivity contribution < 1.29 is 14.3 Å². The molecule has 2 aliphatic rings. The number of carbonyl (C=O) groups is 2. The van der Waals surface area contributed by atoms with E-state index in [0.717, 1.165) is 12.8 Å². The van der Waals surface area contributed by atoms with Gasteiger partial charge in [0, 0.05) is 0 Å². The van der Waals surface area contributed by atoms with E-state index in [4.69, 9.17) is 4.74 Å². The van der Waals surface area contributed by atoms with Gasteiger partial charge in [-0.25, -0.2) is 0 Å². The molecule has 2 rings (SSSR count). The molecule has 86 valence electrons. The van der Waals surface area contributed by atoms with Gasteiger partial charge >= 0.3 is 5.97 Å². The summed E-state index contributed by atoms with van der Waals surface area (Å²) in [5, 5.41) is 0. The van der Waals surface area contributed by atoms with Crippen LogP contribution >= 0.6 is 0 Å². The van der Waals surface area contributed by atoms with E-state index in [1.54, 1.807) is 12.2 Å². The Kier molecular flexibility index (Phi) is 2.70. The Morgan fingerprint density at radius 1 is 1.31 bits per heavy atom. The van der Waals surface area contributed by atoms with E-state index in [0.29, 0.717) is 5.92 Å². The molecule has 1 fully saturated rings. The average molecular weight is 220 g/mol. The number of hydrogen-bond donors (Lipinski definition) is 0. The van der Waals surface area contributed by atoms with Gasteiger partial charge < -0.3 is 4.74 Å².